The number of hydrogen-bond donors (Lipinski definition) is 0. The molecule has 3 nitrogen and oxygen atoms in total. The Labute approximate surface area is 184 Å². The van der Waals surface area contributed by atoms with E-state index in [1.54, 1.807) is 12.1 Å². The van der Waals surface area contributed by atoms with Crippen LogP contribution in [0.3, 0.4) is 0 Å². The molecule has 0 heterocycles. The number of rotatable bonds is 6. The number of esters is 1. The fourth-order valence-corrected chi connectivity index (χ4v) is 2.05. The Hall–Kier alpha value is -1.82. The van der Waals surface area contributed by atoms with E-state index in [2.05, 4.69) is 32.4 Å². The molecule has 0 amide bonds. The van der Waals surface area contributed by atoms with Crippen LogP contribution in [0.15, 0.2) is 48.5 Å². The van der Waals surface area contributed by atoms with Crippen LogP contribution in [-0.2, 0) is 4.74 Å². The van der Waals surface area contributed by atoms with Crippen LogP contribution in [0.2, 0.25) is 0 Å². The number of hydrogen-bond acceptors (Lipinski definition) is 3. The number of benzene rings is 2. The molecule has 150 valence electrons. The first kappa shape index (κ1) is 28.4. The second kappa shape index (κ2) is 18.5. The quantitative estimate of drug-likeness (QED) is 0.337. The normalized spacial score (nSPS) is 8.89. The van der Waals surface area contributed by atoms with Crippen molar-refractivity contribution in [3.05, 3.63) is 92.9 Å². The summed E-state index contributed by atoms with van der Waals surface area (Å²) in [6.07, 6.45) is 4.61. The summed E-state index contributed by atoms with van der Waals surface area (Å²) in [6, 6.07) is 15.2. The van der Waals surface area contributed by atoms with E-state index in [-0.39, 0.29) is 25.5 Å². The van der Waals surface area contributed by atoms with Gasteiger partial charge in [-0.2, -0.15) is 37.5 Å². The third-order valence-corrected chi connectivity index (χ3v) is 3.46. The summed E-state index contributed by atoms with van der Waals surface area (Å²) in [5.41, 5.74) is 2.41. The fraction of sp³-hybridized carbons (Fsp3) is 0.292. The molecule has 0 aliphatic rings. The number of para-hydroxylation sites is 1. The molecule has 0 radical (unpaired) electrons. The Morgan fingerprint density at radius 1 is 0.929 bits per heavy atom. The topological polar surface area (TPSA) is 35.5 Å². The predicted molar refractivity (Wildman–Crippen MR) is 113 cm³/mol. The first-order valence-corrected chi connectivity index (χ1v) is 9.07. The van der Waals surface area contributed by atoms with Gasteiger partial charge in [-0.1, -0.05) is 31.0 Å². The fourth-order valence-electron chi connectivity index (χ4n) is 2.05. The van der Waals surface area contributed by atoms with Crippen LogP contribution in [0.25, 0.3) is 0 Å². The van der Waals surface area contributed by atoms with Gasteiger partial charge in [0.05, 0.1) is 7.11 Å². The van der Waals surface area contributed by atoms with E-state index in [0.717, 1.165) is 24.0 Å². The van der Waals surface area contributed by atoms with Crippen molar-refractivity contribution in [1.82, 2.24) is 0 Å². The summed E-state index contributed by atoms with van der Waals surface area (Å²) in [6.45, 7) is 16.8. The molecule has 0 fully saturated rings. The molecule has 0 N–H and O–H groups in total. The van der Waals surface area contributed by atoms with Gasteiger partial charge >= 0.3 is 24.8 Å². The third-order valence-electron chi connectivity index (χ3n) is 3.46. The zero-order chi connectivity index (χ0) is 20.5. The van der Waals surface area contributed by atoms with Gasteiger partial charge in [-0.3, -0.25) is 0 Å². The van der Waals surface area contributed by atoms with Gasteiger partial charge in [-0.05, 0) is 25.2 Å². The maximum Gasteiger partial charge on any atom is 1.00 e. The van der Waals surface area contributed by atoms with Crippen LogP contribution in [0.4, 0.5) is 0 Å². The van der Waals surface area contributed by atoms with Crippen molar-refractivity contribution in [3.8, 4) is 5.75 Å². The maximum absolute atomic E-state index is 11.3. The molecule has 2 aromatic rings. The predicted octanol–water partition coefficient (Wildman–Crippen LogP) is 3.08. The molecule has 0 spiro atoms. The van der Waals surface area contributed by atoms with E-state index < -0.39 is 5.97 Å². The summed E-state index contributed by atoms with van der Waals surface area (Å²) in [7, 11) is 1.35. The van der Waals surface area contributed by atoms with Crippen molar-refractivity contribution in [2.24, 2.45) is 0 Å². The first-order chi connectivity index (χ1) is 13.0. The molecule has 0 unspecified atom stereocenters. The van der Waals surface area contributed by atoms with Crippen molar-refractivity contribution in [3.63, 3.8) is 0 Å². The molecule has 0 aliphatic carbocycles. The Balaban J connectivity index is 0. The zero-order valence-electron chi connectivity index (χ0n) is 17.7. The van der Waals surface area contributed by atoms with Crippen LogP contribution >= 0.6 is 0 Å². The molecule has 2 rings (SSSR count). The molecular weight excluding hydrogens is 343 g/mol. The minimum Gasteiger partial charge on any atom is -0.524 e. The smallest absolute Gasteiger partial charge is 0.524 e. The Bertz CT molecular complexity index is 623. The third kappa shape index (κ3) is 12.5. The van der Waals surface area contributed by atoms with Gasteiger partial charge in [0.2, 0.25) is 0 Å². The second-order valence-corrected chi connectivity index (χ2v) is 5.69. The van der Waals surface area contributed by atoms with Crippen molar-refractivity contribution < 1.29 is 33.1 Å². The van der Waals surface area contributed by atoms with E-state index >= 15 is 0 Å². The van der Waals surface area contributed by atoms with Crippen molar-refractivity contribution in [2.45, 2.75) is 32.6 Å². The maximum atomic E-state index is 11.3. The van der Waals surface area contributed by atoms with Crippen LogP contribution < -0.4 is 23.6 Å². The standard InChI is InChI=1S/C11H13O3.C7H7.C6H12.Li/c1-4-14-10-8(2)6-5-7-9(10)11(12)13-3;1-7-5-3-2-4-6-7;1-3-5-6-4-2;/h5-7H,1,4H2,2-3H3;2-6H,1H2;1-6H2;/q2*-1;-2;+1. The van der Waals surface area contributed by atoms with Crippen LogP contribution in [0.5, 0.6) is 5.75 Å². The van der Waals surface area contributed by atoms with E-state index in [1.807, 2.05) is 43.3 Å². The summed E-state index contributed by atoms with van der Waals surface area (Å²) >= 11 is 0. The van der Waals surface area contributed by atoms with Gasteiger partial charge in [0.15, 0.2) is 0 Å². The SMILES string of the molecule is [CH2-]CCCC[CH2-].[CH2-]COc1c(C)cccc1C(=O)OC.[CH2-]c1ccccc1.[Li+]. The minimum atomic E-state index is -0.392. The van der Waals surface area contributed by atoms with E-state index in [0.29, 0.717) is 11.3 Å². The van der Waals surface area contributed by atoms with E-state index in [4.69, 9.17) is 4.74 Å². The molecule has 0 bridgehead atoms. The number of carbonyl (C=O) groups is 1. The molecule has 28 heavy (non-hydrogen) atoms. The molecule has 0 aliphatic heterocycles. The summed E-state index contributed by atoms with van der Waals surface area (Å²) in [5, 5.41) is 0. The van der Waals surface area contributed by atoms with Crippen molar-refractivity contribution in [1.29, 1.82) is 0 Å². The van der Waals surface area contributed by atoms with Crippen LogP contribution in [0, 0.1) is 34.6 Å². The number of unbranched alkanes of at least 4 members (excludes halogenated alkanes) is 3. The van der Waals surface area contributed by atoms with E-state index in [1.165, 1.54) is 20.0 Å². The molecule has 4 heteroatoms. The monoisotopic (exact) mass is 375 g/mol. The molecule has 2 aromatic carbocycles. The largest absolute Gasteiger partial charge is 1.00 e. The summed E-state index contributed by atoms with van der Waals surface area (Å²) < 4.78 is 9.92. The first-order valence-electron chi connectivity index (χ1n) is 9.07. The molecule has 0 saturated heterocycles. The van der Waals surface area contributed by atoms with Gasteiger partial charge < -0.3 is 30.2 Å². The molecular formula is C24H32LiO3-3. The minimum absolute atomic E-state index is 0. The summed E-state index contributed by atoms with van der Waals surface area (Å²) in [4.78, 5) is 11.3. The van der Waals surface area contributed by atoms with Crippen molar-refractivity contribution >= 4 is 5.97 Å². The van der Waals surface area contributed by atoms with Gasteiger partial charge in [0.25, 0.3) is 0 Å². The Kier molecular flexibility index (Phi) is 18.8. The number of methoxy groups -OCH3 is 1. The van der Waals surface area contributed by atoms with Gasteiger partial charge in [-0.15, -0.1) is 12.1 Å². The molecule has 0 aromatic heterocycles. The Morgan fingerprint density at radius 2 is 1.50 bits per heavy atom. The summed E-state index contributed by atoms with van der Waals surface area (Å²) in [5.74, 6) is 0.159. The van der Waals surface area contributed by atoms with Crippen LogP contribution in [-0.4, -0.2) is 19.7 Å². The van der Waals surface area contributed by atoms with Gasteiger partial charge in [0, 0.05) is 0 Å². The molecule has 0 atom stereocenters. The van der Waals surface area contributed by atoms with Crippen molar-refractivity contribution in [2.75, 3.05) is 13.7 Å². The van der Waals surface area contributed by atoms with E-state index in [9.17, 15) is 4.79 Å². The number of ether oxygens (including phenoxy) is 2. The number of carbonyl (C=O) groups excluding carboxylic acids is 1. The van der Waals surface area contributed by atoms with Gasteiger partial charge in [0.1, 0.15) is 11.3 Å². The average Bonchev–Trinajstić information content (AvgIpc) is 2.69. The molecule has 0 saturated carbocycles. The Morgan fingerprint density at radius 3 is 1.89 bits per heavy atom. The van der Waals surface area contributed by atoms with Crippen LogP contribution in [0.1, 0.15) is 47.2 Å². The number of aryl methyl sites for hydroxylation is 1. The van der Waals surface area contributed by atoms with Gasteiger partial charge in [-0.25, -0.2) is 4.79 Å². The average molecular weight is 375 g/mol. The second-order valence-electron chi connectivity index (χ2n) is 5.69. The zero-order valence-corrected chi connectivity index (χ0v) is 17.7.